The van der Waals surface area contributed by atoms with Crippen LogP contribution in [0.3, 0.4) is 0 Å². The first-order valence-corrected chi connectivity index (χ1v) is 9.09. The molecule has 3 rings (SSSR count). The number of hydrogen-bond acceptors (Lipinski definition) is 4. The maximum atomic E-state index is 12.9. The third-order valence-electron chi connectivity index (χ3n) is 4.10. The van der Waals surface area contributed by atoms with Gasteiger partial charge < -0.3 is 0 Å². The number of benzene rings is 1. The SMILES string of the molecule is Cc1ccc(-c2ccc(=O)[nH]n2)cc1S(=O)(=O)N1CCCCC1. The van der Waals surface area contributed by atoms with E-state index in [9.17, 15) is 13.2 Å². The van der Waals surface area contributed by atoms with Crippen molar-refractivity contribution in [3.63, 3.8) is 0 Å². The highest BCUT2D eigenvalue weighted by atomic mass is 32.2. The molecule has 1 fully saturated rings. The highest BCUT2D eigenvalue weighted by Crippen LogP contribution is 2.27. The predicted molar refractivity (Wildman–Crippen MR) is 87.6 cm³/mol. The molecule has 122 valence electrons. The summed E-state index contributed by atoms with van der Waals surface area (Å²) in [6.45, 7) is 2.94. The number of rotatable bonds is 3. The molecule has 0 unspecified atom stereocenters. The Bertz CT molecular complexity index is 848. The molecule has 1 aromatic carbocycles. The average Bonchev–Trinajstić information content (AvgIpc) is 2.57. The second-order valence-electron chi connectivity index (χ2n) is 5.75. The van der Waals surface area contributed by atoms with E-state index in [2.05, 4.69) is 10.2 Å². The van der Waals surface area contributed by atoms with Crippen molar-refractivity contribution in [2.24, 2.45) is 0 Å². The van der Waals surface area contributed by atoms with Crippen LogP contribution in [0.4, 0.5) is 0 Å². The number of aromatic nitrogens is 2. The third kappa shape index (κ3) is 3.20. The lowest BCUT2D eigenvalue weighted by atomic mass is 10.1. The lowest BCUT2D eigenvalue weighted by Crippen LogP contribution is -2.35. The molecule has 0 aliphatic carbocycles. The highest BCUT2D eigenvalue weighted by molar-refractivity contribution is 7.89. The Balaban J connectivity index is 2.03. The summed E-state index contributed by atoms with van der Waals surface area (Å²) < 4.78 is 27.3. The van der Waals surface area contributed by atoms with Crippen LogP contribution < -0.4 is 5.56 Å². The zero-order valence-electron chi connectivity index (χ0n) is 12.9. The number of hydrogen-bond donors (Lipinski definition) is 1. The van der Waals surface area contributed by atoms with Gasteiger partial charge in [0.2, 0.25) is 10.0 Å². The fourth-order valence-electron chi connectivity index (χ4n) is 2.79. The first kappa shape index (κ1) is 15.9. The molecule has 0 saturated carbocycles. The Hall–Kier alpha value is -1.99. The van der Waals surface area contributed by atoms with Crippen molar-refractivity contribution in [3.8, 4) is 11.3 Å². The van der Waals surface area contributed by atoms with Crippen molar-refractivity contribution < 1.29 is 8.42 Å². The highest BCUT2D eigenvalue weighted by Gasteiger charge is 2.27. The van der Waals surface area contributed by atoms with E-state index in [-0.39, 0.29) is 5.56 Å². The molecule has 0 bridgehead atoms. The minimum atomic E-state index is -3.50. The van der Waals surface area contributed by atoms with Crippen LogP contribution in [0.25, 0.3) is 11.3 Å². The van der Waals surface area contributed by atoms with E-state index in [1.54, 1.807) is 29.4 Å². The van der Waals surface area contributed by atoms with Gasteiger partial charge in [-0.1, -0.05) is 18.6 Å². The van der Waals surface area contributed by atoms with Crippen LogP contribution in [0.15, 0.2) is 40.0 Å². The molecule has 1 N–H and O–H groups in total. The van der Waals surface area contributed by atoms with Gasteiger partial charge in [0.05, 0.1) is 10.6 Å². The molecule has 0 spiro atoms. The number of aryl methyl sites for hydroxylation is 1. The maximum Gasteiger partial charge on any atom is 0.264 e. The summed E-state index contributed by atoms with van der Waals surface area (Å²) in [5.74, 6) is 0. The molecule has 0 radical (unpaired) electrons. The summed E-state index contributed by atoms with van der Waals surface area (Å²) in [6.07, 6.45) is 2.88. The Kier molecular flexibility index (Phi) is 4.32. The van der Waals surface area contributed by atoms with E-state index in [0.717, 1.165) is 19.3 Å². The van der Waals surface area contributed by atoms with Gasteiger partial charge in [-0.05, 0) is 37.5 Å². The van der Waals surface area contributed by atoms with Gasteiger partial charge in [-0.15, -0.1) is 0 Å². The predicted octanol–water partition coefficient (Wildman–Crippen LogP) is 1.92. The quantitative estimate of drug-likeness (QED) is 0.930. The van der Waals surface area contributed by atoms with Crippen LogP contribution in [0.1, 0.15) is 24.8 Å². The smallest absolute Gasteiger partial charge is 0.264 e. The average molecular weight is 333 g/mol. The molecular formula is C16H19N3O3S. The Labute approximate surface area is 135 Å². The van der Waals surface area contributed by atoms with Gasteiger partial charge in [0.15, 0.2) is 0 Å². The van der Waals surface area contributed by atoms with Crippen molar-refractivity contribution >= 4 is 10.0 Å². The molecule has 1 aliphatic rings. The molecule has 1 aromatic heterocycles. The molecule has 0 atom stereocenters. The molecule has 2 aromatic rings. The van der Waals surface area contributed by atoms with Crippen LogP contribution in [0.5, 0.6) is 0 Å². The summed E-state index contributed by atoms with van der Waals surface area (Å²) in [5, 5.41) is 6.34. The van der Waals surface area contributed by atoms with Crippen LogP contribution in [-0.2, 0) is 10.0 Å². The molecule has 0 amide bonds. The van der Waals surface area contributed by atoms with Gasteiger partial charge in [-0.25, -0.2) is 13.5 Å². The minimum absolute atomic E-state index is 0.290. The van der Waals surface area contributed by atoms with Crippen LogP contribution in [0.2, 0.25) is 0 Å². The van der Waals surface area contributed by atoms with Gasteiger partial charge in [-0.3, -0.25) is 4.79 Å². The van der Waals surface area contributed by atoms with Crippen LogP contribution in [-0.4, -0.2) is 36.0 Å². The topological polar surface area (TPSA) is 83.1 Å². The van der Waals surface area contributed by atoms with Crippen LogP contribution in [0, 0.1) is 6.92 Å². The third-order valence-corrected chi connectivity index (χ3v) is 6.14. The monoisotopic (exact) mass is 333 g/mol. The van der Waals surface area contributed by atoms with Gasteiger partial charge in [0.1, 0.15) is 0 Å². The Morgan fingerprint density at radius 2 is 1.83 bits per heavy atom. The van der Waals surface area contributed by atoms with E-state index in [4.69, 9.17) is 0 Å². The lowest BCUT2D eigenvalue weighted by molar-refractivity contribution is 0.346. The van der Waals surface area contributed by atoms with Gasteiger partial charge >= 0.3 is 0 Å². The van der Waals surface area contributed by atoms with E-state index in [1.165, 1.54) is 6.07 Å². The number of piperidine rings is 1. The fraction of sp³-hybridized carbons (Fsp3) is 0.375. The number of nitrogens with one attached hydrogen (secondary N) is 1. The van der Waals surface area contributed by atoms with Crippen LogP contribution >= 0.6 is 0 Å². The first-order valence-electron chi connectivity index (χ1n) is 7.65. The standard InChI is InChI=1S/C16H19N3O3S/c1-12-5-6-13(14-7-8-16(20)18-17-14)11-15(12)23(21,22)19-9-3-2-4-10-19/h5-8,11H,2-4,9-10H2,1H3,(H,18,20). The molecule has 1 aliphatic heterocycles. The summed E-state index contributed by atoms with van der Waals surface area (Å²) >= 11 is 0. The summed E-state index contributed by atoms with van der Waals surface area (Å²) in [6, 6.07) is 8.19. The second kappa shape index (κ2) is 6.25. The number of nitrogens with zero attached hydrogens (tertiary/aromatic N) is 2. The molecule has 6 nitrogen and oxygen atoms in total. The zero-order valence-corrected chi connectivity index (χ0v) is 13.8. The molecule has 1 saturated heterocycles. The van der Waals surface area contributed by atoms with E-state index < -0.39 is 10.0 Å². The lowest BCUT2D eigenvalue weighted by Gasteiger charge is -2.26. The molecular weight excluding hydrogens is 314 g/mol. The normalized spacial score (nSPS) is 16.4. The Morgan fingerprint density at radius 3 is 2.48 bits per heavy atom. The van der Waals surface area contributed by atoms with Crippen molar-refractivity contribution in [1.82, 2.24) is 14.5 Å². The Morgan fingerprint density at radius 1 is 1.09 bits per heavy atom. The largest absolute Gasteiger partial charge is 0.268 e. The zero-order chi connectivity index (χ0) is 16.4. The fourth-order valence-corrected chi connectivity index (χ4v) is 4.55. The van der Waals surface area contributed by atoms with Crippen molar-refractivity contribution in [2.45, 2.75) is 31.1 Å². The minimum Gasteiger partial charge on any atom is -0.268 e. The maximum absolute atomic E-state index is 12.9. The number of aromatic amines is 1. The molecule has 23 heavy (non-hydrogen) atoms. The van der Waals surface area contributed by atoms with Crippen molar-refractivity contribution in [1.29, 1.82) is 0 Å². The number of H-pyrrole nitrogens is 1. The summed E-state index contributed by atoms with van der Waals surface area (Å²) in [5.41, 5.74) is 1.63. The van der Waals surface area contributed by atoms with E-state index in [1.807, 2.05) is 6.07 Å². The first-order chi connectivity index (χ1) is 11.0. The second-order valence-corrected chi connectivity index (χ2v) is 7.66. The number of sulfonamides is 1. The summed E-state index contributed by atoms with van der Waals surface area (Å²) in [4.78, 5) is 11.4. The van der Waals surface area contributed by atoms with E-state index >= 15 is 0 Å². The van der Waals surface area contributed by atoms with Crippen molar-refractivity contribution in [3.05, 3.63) is 46.2 Å². The molecule has 2 heterocycles. The van der Waals surface area contributed by atoms with Gasteiger partial charge in [0, 0.05) is 24.7 Å². The van der Waals surface area contributed by atoms with Crippen molar-refractivity contribution in [2.75, 3.05) is 13.1 Å². The van der Waals surface area contributed by atoms with E-state index in [0.29, 0.717) is 34.8 Å². The van der Waals surface area contributed by atoms with Gasteiger partial charge in [0.25, 0.3) is 5.56 Å². The summed E-state index contributed by atoms with van der Waals surface area (Å²) in [7, 11) is -3.50. The molecule has 7 heteroatoms. The van der Waals surface area contributed by atoms with Gasteiger partial charge in [-0.2, -0.15) is 9.40 Å².